The smallest absolute Gasteiger partial charge is 0.122 e. The third-order valence-electron chi connectivity index (χ3n) is 6.43. The van der Waals surface area contributed by atoms with Crippen molar-refractivity contribution in [3.05, 3.63) is 115 Å². The molecule has 0 aliphatic heterocycles. The van der Waals surface area contributed by atoms with Crippen molar-refractivity contribution in [1.29, 1.82) is 0 Å². The fourth-order valence-corrected chi connectivity index (χ4v) is 9.04. The van der Waals surface area contributed by atoms with Crippen LogP contribution >= 0.6 is 7.26 Å². The van der Waals surface area contributed by atoms with E-state index in [2.05, 4.69) is 110 Å². The number of halogens is 1. The van der Waals surface area contributed by atoms with Gasteiger partial charge in [0.15, 0.2) is 0 Å². The lowest BCUT2D eigenvalue weighted by atomic mass is 9.98. The summed E-state index contributed by atoms with van der Waals surface area (Å²) >= 11 is 0. The van der Waals surface area contributed by atoms with Gasteiger partial charge in [-0.05, 0) is 66.4 Å². The van der Waals surface area contributed by atoms with E-state index in [1.54, 1.807) is 14.2 Å². The Morgan fingerprint density at radius 1 is 0.618 bits per heavy atom. The fraction of sp³-hybridized carbons (Fsp3) is 0.200. The molecule has 1 unspecified atom stereocenters. The first-order chi connectivity index (χ1) is 16.2. The predicted molar refractivity (Wildman–Crippen MR) is 143 cm³/mol. The molecular formula is C30H32BrO2P. The van der Waals surface area contributed by atoms with E-state index in [4.69, 9.17) is 9.47 Å². The Bertz CT molecular complexity index is 1030. The minimum absolute atomic E-state index is 0. The standard InChI is InChI=1S/C30H32O2P.BrH/c1-24(25-21-26(31-2)23-27(22-25)32-3)19-20-33(28-13-7-4-8-14-28,29-15-9-5-10-16-29)30-17-11-6-12-18-30;/h4-18,21-24H,19-20H2,1-3H3;1H/q+1;/p-1. The molecule has 4 aromatic rings. The number of rotatable bonds is 9. The molecule has 0 aliphatic rings. The predicted octanol–water partition coefficient (Wildman–Crippen LogP) is 3.20. The Balaban J connectivity index is 0.00000324. The maximum Gasteiger partial charge on any atom is 0.122 e. The molecule has 0 aromatic heterocycles. The van der Waals surface area contributed by atoms with E-state index in [0.717, 1.165) is 24.1 Å². The second kappa shape index (κ2) is 12.2. The van der Waals surface area contributed by atoms with Crippen LogP contribution in [0.4, 0.5) is 0 Å². The van der Waals surface area contributed by atoms with Gasteiger partial charge in [0, 0.05) is 6.07 Å². The van der Waals surface area contributed by atoms with E-state index >= 15 is 0 Å². The van der Waals surface area contributed by atoms with Crippen LogP contribution in [0.1, 0.15) is 24.8 Å². The van der Waals surface area contributed by atoms with Crippen molar-refractivity contribution in [2.75, 3.05) is 20.4 Å². The molecule has 1 atom stereocenters. The van der Waals surface area contributed by atoms with E-state index in [-0.39, 0.29) is 17.0 Å². The lowest BCUT2D eigenvalue weighted by Gasteiger charge is -2.29. The Hall–Kier alpha value is -2.61. The minimum atomic E-state index is -1.83. The second-order valence-electron chi connectivity index (χ2n) is 8.38. The van der Waals surface area contributed by atoms with Crippen molar-refractivity contribution < 1.29 is 26.5 Å². The molecule has 0 fully saturated rings. The summed E-state index contributed by atoms with van der Waals surface area (Å²) < 4.78 is 11.1. The quantitative estimate of drug-likeness (QED) is 0.307. The van der Waals surface area contributed by atoms with Gasteiger partial charge in [-0.2, -0.15) is 0 Å². The third kappa shape index (κ3) is 5.54. The number of benzene rings is 4. The fourth-order valence-electron chi connectivity index (χ4n) is 4.55. The van der Waals surface area contributed by atoms with Gasteiger partial charge >= 0.3 is 0 Å². The van der Waals surface area contributed by atoms with E-state index < -0.39 is 7.26 Å². The van der Waals surface area contributed by atoms with E-state index in [9.17, 15) is 0 Å². The second-order valence-corrected chi connectivity index (χ2v) is 12.0. The molecule has 0 bridgehead atoms. The third-order valence-corrected chi connectivity index (χ3v) is 10.9. The van der Waals surface area contributed by atoms with Gasteiger partial charge in [0.25, 0.3) is 0 Å². The molecule has 0 spiro atoms. The first-order valence-corrected chi connectivity index (χ1v) is 13.4. The summed E-state index contributed by atoms with van der Waals surface area (Å²) in [4.78, 5) is 0. The summed E-state index contributed by atoms with van der Waals surface area (Å²) in [6.45, 7) is 2.31. The number of methoxy groups -OCH3 is 2. The zero-order valence-electron chi connectivity index (χ0n) is 20.0. The van der Waals surface area contributed by atoms with Crippen molar-refractivity contribution in [2.24, 2.45) is 0 Å². The summed E-state index contributed by atoms with van der Waals surface area (Å²) in [5, 5.41) is 4.29. The van der Waals surface area contributed by atoms with Crippen LogP contribution in [0.2, 0.25) is 0 Å². The first kappa shape index (κ1) is 26.0. The van der Waals surface area contributed by atoms with Crippen molar-refractivity contribution in [3.8, 4) is 11.5 Å². The largest absolute Gasteiger partial charge is 1.00 e. The van der Waals surface area contributed by atoms with Gasteiger partial charge < -0.3 is 26.5 Å². The molecule has 0 saturated heterocycles. The molecule has 0 saturated carbocycles. The molecule has 2 nitrogen and oxygen atoms in total. The zero-order valence-corrected chi connectivity index (χ0v) is 22.5. The monoisotopic (exact) mass is 534 g/mol. The molecule has 34 heavy (non-hydrogen) atoms. The normalized spacial score (nSPS) is 11.9. The van der Waals surface area contributed by atoms with Crippen LogP contribution in [0.15, 0.2) is 109 Å². The summed E-state index contributed by atoms with van der Waals surface area (Å²) in [5.74, 6) is 2.04. The highest BCUT2D eigenvalue weighted by molar-refractivity contribution is 7.95. The number of hydrogen-bond acceptors (Lipinski definition) is 2. The van der Waals surface area contributed by atoms with E-state index in [1.807, 2.05) is 6.07 Å². The van der Waals surface area contributed by atoms with Gasteiger partial charge in [-0.1, -0.05) is 61.5 Å². The number of hydrogen-bond donors (Lipinski definition) is 0. The van der Waals surface area contributed by atoms with Crippen LogP contribution < -0.4 is 42.4 Å². The molecule has 4 heteroatoms. The Kier molecular flexibility index (Phi) is 9.33. The molecule has 0 aliphatic carbocycles. The van der Waals surface area contributed by atoms with Gasteiger partial charge in [0.1, 0.15) is 34.7 Å². The molecule has 0 radical (unpaired) electrons. The molecular weight excluding hydrogens is 503 g/mol. The molecule has 4 rings (SSSR count). The Morgan fingerprint density at radius 3 is 1.35 bits per heavy atom. The highest BCUT2D eigenvalue weighted by Crippen LogP contribution is 2.56. The van der Waals surface area contributed by atoms with Crippen molar-refractivity contribution >= 4 is 23.2 Å². The Labute approximate surface area is 215 Å². The van der Waals surface area contributed by atoms with E-state index in [1.165, 1.54) is 21.5 Å². The summed E-state index contributed by atoms with van der Waals surface area (Å²) in [6, 6.07) is 39.5. The SMILES string of the molecule is COc1cc(OC)cc(C(C)CC[P+](c2ccccc2)(c2ccccc2)c2ccccc2)c1.[Br-]. The van der Waals surface area contributed by atoms with Crippen LogP contribution in [0.3, 0.4) is 0 Å². The van der Waals surface area contributed by atoms with Gasteiger partial charge in [0.2, 0.25) is 0 Å². The van der Waals surface area contributed by atoms with Crippen LogP contribution in [-0.4, -0.2) is 20.4 Å². The molecule has 0 heterocycles. The number of ether oxygens (including phenoxy) is 2. The summed E-state index contributed by atoms with van der Waals surface area (Å²) in [5.41, 5.74) is 1.25. The maximum absolute atomic E-state index is 5.53. The zero-order chi connectivity index (χ0) is 23.1. The van der Waals surface area contributed by atoms with Crippen LogP contribution in [-0.2, 0) is 0 Å². The maximum atomic E-state index is 5.53. The van der Waals surface area contributed by atoms with Crippen molar-refractivity contribution in [2.45, 2.75) is 19.3 Å². The minimum Gasteiger partial charge on any atom is -1.00 e. The molecule has 0 N–H and O–H groups in total. The van der Waals surface area contributed by atoms with Crippen molar-refractivity contribution in [1.82, 2.24) is 0 Å². The summed E-state index contributed by atoms with van der Waals surface area (Å²) in [7, 11) is 1.59. The first-order valence-electron chi connectivity index (χ1n) is 11.5. The van der Waals surface area contributed by atoms with Gasteiger partial charge in [0.05, 0.1) is 20.4 Å². The van der Waals surface area contributed by atoms with Gasteiger partial charge in [-0.3, -0.25) is 0 Å². The van der Waals surface area contributed by atoms with E-state index in [0.29, 0.717) is 5.92 Å². The van der Waals surface area contributed by atoms with Crippen LogP contribution in [0.25, 0.3) is 0 Å². The molecule has 4 aromatic carbocycles. The summed E-state index contributed by atoms with van der Waals surface area (Å²) in [6.07, 6.45) is 2.15. The Morgan fingerprint density at radius 2 is 1.00 bits per heavy atom. The van der Waals surface area contributed by atoms with Crippen LogP contribution in [0, 0.1) is 0 Å². The molecule has 0 amide bonds. The average Bonchev–Trinajstić information content (AvgIpc) is 2.90. The van der Waals surface area contributed by atoms with Gasteiger partial charge in [-0.25, -0.2) is 0 Å². The highest BCUT2D eigenvalue weighted by Gasteiger charge is 2.45. The highest BCUT2D eigenvalue weighted by atomic mass is 79.9. The van der Waals surface area contributed by atoms with Crippen LogP contribution in [0.5, 0.6) is 11.5 Å². The average molecular weight is 535 g/mol. The lowest BCUT2D eigenvalue weighted by molar-refractivity contribution is -0.00000723. The lowest BCUT2D eigenvalue weighted by Crippen LogP contribution is -3.00. The molecule has 176 valence electrons. The van der Waals surface area contributed by atoms with Crippen molar-refractivity contribution in [3.63, 3.8) is 0 Å². The topological polar surface area (TPSA) is 18.5 Å². The van der Waals surface area contributed by atoms with Gasteiger partial charge in [-0.15, -0.1) is 0 Å².